The highest BCUT2D eigenvalue weighted by molar-refractivity contribution is 7.71. The fourth-order valence-electron chi connectivity index (χ4n) is 3.96. The predicted octanol–water partition coefficient (Wildman–Crippen LogP) is 4.96. The van der Waals surface area contributed by atoms with Gasteiger partial charge in [0, 0.05) is 29.2 Å². The number of hydrogen-bond donors (Lipinski definition) is 1. The molecule has 1 unspecified atom stereocenters. The summed E-state index contributed by atoms with van der Waals surface area (Å²) in [7, 11) is 0. The number of halogens is 1. The quantitative estimate of drug-likeness (QED) is 0.619. The molecule has 3 aromatic rings. The molecule has 4 nitrogen and oxygen atoms in total. The molecule has 1 atom stereocenters. The zero-order chi connectivity index (χ0) is 17.4. The summed E-state index contributed by atoms with van der Waals surface area (Å²) in [4.78, 5) is 18.8. The summed E-state index contributed by atoms with van der Waals surface area (Å²) in [6.07, 6.45) is 5.03. The Morgan fingerprint density at radius 1 is 1.27 bits per heavy atom. The monoisotopic (exact) mass is 409 g/mol. The first-order valence-electron chi connectivity index (χ1n) is 9.07. The van der Waals surface area contributed by atoms with Crippen molar-refractivity contribution in [1.29, 1.82) is 0 Å². The van der Waals surface area contributed by atoms with E-state index in [0.29, 0.717) is 17.4 Å². The molecular formula is C19H24ClN3OS2. The maximum Gasteiger partial charge on any atom is 0.272 e. The Labute approximate surface area is 168 Å². The van der Waals surface area contributed by atoms with Crippen molar-refractivity contribution < 1.29 is 0 Å². The molecule has 2 aromatic heterocycles. The Morgan fingerprint density at radius 3 is 2.88 bits per heavy atom. The Hall–Kier alpha value is -1.21. The van der Waals surface area contributed by atoms with Crippen molar-refractivity contribution in [3.8, 4) is 0 Å². The van der Waals surface area contributed by atoms with E-state index in [1.807, 2.05) is 18.2 Å². The summed E-state index contributed by atoms with van der Waals surface area (Å²) < 4.78 is 4.18. The minimum Gasteiger partial charge on any atom is -0.330 e. The van der Waals surface area contributed by atoms with Crippen LogP contribution in [-0.4, -0.2) is 33.6 Å². The van der Waals surface area contributed by atoms with Crippen molar-refractivity contribution in [2.45, 2.75) is 45.2 Å². The smallest absolute Gasteiger partial charge is 0.272 e. The van der Waals surface area contributed by atoms with Crippen LogP contribution in [-0.2, 0) is 6.54 Å². The molecule has 1 aliphatic heterocycles. The predicted molar refractivity (Wildman–Crippen MR) is 116 cm³/mol. The summed E-state index contributed by atoms with van der Waals surface area (Å²) >= 11 is 7.07. The van der Waals surface area contributed by atoms with Gasteiger partial charge >= 0.3 is 0 Å². The third-order valence-electron chi connectivity index (χ3n) is 5.34. The zero-order valence-electron chi connectivity index (χ0n) is 14.9. The molecule has 4 rings (SSSR count). The molecule has 26 heavy (non-hydrogen) atoms. The molecule has 0 aliphatic carbocycles. The lowest BCUT2D eigenvalue weighted by Gasteiger charge is -2.35. The molecule has 1 N–H and O–H groups in total. The van der Waals surface area contributed by atoms with Crippen LogP contribution in [0.15, 0.2) is 29.1 Å². The third kappa shape index (κ3) is 3.48. The SMILES string of the molecule is CCC1CCCCN1CCn1c(=S)[nH]c2c(sc3ccccc32)c1=O.Cl. The van der Waals surface area contributed by atoms with Crippen LogP contribution in [0.25, 0.3) is 20.3 Å². The minimum atomic E-state index is 0. The molecule has 1 aromatic carbocycles. The number of benzene rings is 1. The molecule has 0 radical (unpaired) electrons. The van der Waals surface area contributed by atoms with Gasteiger partial charge in [0.25, 0.3) is 5.56 Å². The molecule has 7 heteroatoms. The molecular weight excluding hydrogens is 386 g/mol. The Bertz CT molecular complexity index is 1020. The topological polar surface area (TPSA) is 41.0 Å². The summed E-state index contributed by atoms with van der Waals surface area (Å²) in [6.45, 7) is 4.95. The van der Waals surface area contributed by atoms with E-state index in [-0.39, 0.29) is 18.0 Å². The second kappa shape index (κ2) is 8.21. The summed E-state index contributed by atoms with van der Waals surface area (Å²) in [6, 6.07) is 8.75. The molecule has 0 spiro atoms. The van der Waals surface area contributed by atoms with E-state index in [1.54, 1.807) is 15.9 Å². The van der Waals surface area contributed by atoms with Gasteiger partial charge in [-0.1, -0.05) is 31.5 Å². The van der Waals surface area contributed by atoms with Crippen LogP contribution in [0, 0.1) is 4.77 Å². The number of thiophene rings is 1. The maximum absolute atomic E-state index is 13.0. The Morgan fingerprint density at radius 2 is 2.08 bits per heavy atom. The number of H-pyrrole nitrogens is 1. The second-order valence-corrected chi connectivity index (χ2v) is 8.22. The van der Waals surface area contributed by atoms with Gasteiger partial charge in [-0.3, -0.25) is 14.3 Å². The number of likely N-dealkylation sites (tertiary alicyclic amines) is 1. The minimum absolute atomic E-state index is 0. The highest BCUT2D eigenvalue weighted by atomic mass is 35.5. The zero-order valence-corrected chi connectivity index (χ0v) is 17.3. The molecule has 0 bridgehead atoms. The lowest BCUT2D eigenvalue weighted by Crippen LogP contribution is -2.41. The van der Waals surface area contributed by atoms with E-state index in [0.717, 1.165) is 33.4 Å². The highest BCUT2D eigenvalue weighted by Gasteiger charge is 2.21. The molecule has 140 valence electrons. The van der Waals surface area contributed by atoms with E-state index in [9.17, 15) is 4.79 Å². The molecule has 3 heterocycles. The Balaban J connectivity index is 0.00000196. The molecule has 0 amide bonds. The largest absolute Gasteiger partial charge is 0.330 e. The normalized spacial score (nSPS) is 18.3. The van der Waals surface area contributed by atoms with Crippen LogP contribution in [0.2, 0.25) is 0 Å². The molecule has 1 saturated heterocycles. The standard InChI is InChI=1S/C19H23N3OS2.ClH/c1-2-13-7-5-6-10-21(13)11-12-22-18(23)17-16(20-19(22)24)14-8-3-4-9-15(14)25-17;/h3-4,8-9,13H,2,5-7,10-12H2,1H3,(H,20,24);1H. The summed E-state index contributed by atoms with van der Waals surface area (Å²) in [5.41, 5.74) is 0.932. The van der Waals surface area contributed by atoms with Gasteiger partial charge in [-0.25, -0.2) is 0 Å². The lowest BCUT2D eigenvalue weighted by atomic mass is 10.0. The van der Waals surface area contributed by atoms with Gasteiger partial charge in [0.1, 0.15) is 4.70 Å². The van der Waals surface area contributed by atoms with Crippen LogP contribution >= 0.6 is 36.0 Å². The van der Waals surface area contributed by atoms with E-state index < -0.39 is 0 Å². The van der Waals surface area contributed by atoms with Crippen LogP contribution in [0.3, 0.4) is 0 Å². The van der Waals surface area contributed by atoms with E-state index in [1.165, 1.54) is 25.7 Å². The molecule has 1 fully saturated rings. The average Bonchev–Trinajstić information content (AvgIpc) is 3.01. The first-order chi connectivity index (χ1) is 12.2. The van der Waals surface area contributed by atoms with Crippen molar-refractivity contribution >= 4 is 56.3 Å². The third-order valence-corrected chi connectivity index (χ3v) is 6.82. The summed E-state index contributed by atoms with van der Waals surface area (Å²) in [5, 5.41) is 1.08. The summed E-state index contributed by atoms with van der Waals surface area (Å²) in [5.74, 6) is 0. The van der Waals surface area contributed by atoms with Gasteiger partial charge in [0.15, 0.2) is 4.77 Å². The van der Waals surface area contributed by atoms with Crippen molar-refractivity contribution in [3.63, 3.8) is 0 Å². The maximum atomic E-state index is 13.0. The van der Waals surface area contributed by atoms with E-state index in [4.69, 9.17) is 12.2 Å². The first-order valence-corrected chi connectivity index (χ1v) is 10.3. The second-order valence-electron chi connectivity index (χ2n) is 6.78. The number of nitrogens with zero attached hydrogens (tertiary/aromatic N) is 2. The van der Waals surface area contributed by atoms with Crippen molar-refractivity contribution in [1.82, 2.24) is 14.5 Å². The fraction of sp³-hybridized carbons (Fsp3) is 0.474. The van der Waals surface area contributed by atoms with Crippen molar-refractivity contribution in [3.05, 3.63) is 39.4 Å². The fourth-order valence-corrected chi connectivity index (χ4v) is 5.34. The van der Waals surface area contributed by atoms with E-state index in [2.05, 4.69) is 22.9 Å². The lowest BCUT2D eigenvalue weighted by molar-refractivity contribution is 0.138. The van der Waals surface area contributed by atoms with Crippen LogP contribution in [0.4, 0.5) is 0 Å². The van der Waals surface area contributed by atoms with Gasteiger partial charge in [-0.2, -0.15) is 0 Å². The van der Waals surface area contributed by atoms with Crippen LogP contribution in [0.5, 0.6) is 0 Å². The number of hydrogen-bond acceptors (Lipinski definition) is 4. The van der Waals surface area contributed by atoms with Crippen LogP contribution < -0.4 is 5.56 Å². The Kier molecular flexibility index (Phi) is 6.17. The van der Waals surface area contributed by atoms with Gasteiger partial charge in [0.2, 0.25) is 0 Å². The number of fused-ring (bicyclic) bond motifs is 3. The highest BCUT2D eigenvalue weighted by Crippen LogP contribution is 2.30. The average molecular weight is 410 g/mol. The van der Waals surface area contributed by atoms with Gasteiger partial charge in [0.05, 0.1) is 5.52 Å². The molecule has 0 saturated carbocycles. The van der Waals surface area contributed by atoms with Gasteiger partial charge in [-0.05, 0) is 44.1 Å². The van der Waals surface area contributed by atoms with Gasteiger partial charge < -0.3 is 4.98 Å². The number of aromatic nitrogens is 2. The van der Waals surface area contributed by atoms with Gasteiger partial charge in [-0.15, -0.1) is 23.7 Å². The van der Waals surface area contributed by atoms with E-state index >= 15 is 0 Å². The number of piperidine rings is 1. The number of aromatic amines is 1. The van der Waals surface area contributed by atoms with Crippen LogP contribution in [0.1, 0.15) is 32.6 Å². The van der Waals surface area contributed by atoms with Crippen molar-refractivity contribution in [2.24, 2.45) is 0 Å². The first kappa shape index (κ1) is 19.5. The van der Waals surface area contributed by atoms with Crippen molar-refractivity contribution in [2.75, 3.05) is 13.1 Å². The number of nitrogens with one attached hydrogen (secondary N) is 1. The number of rotatable bonds is 4. The molecule has 1 aliphatic rings.